The number of thiazole rings is 1. The summed E-state index contributed by atoms with van der Waals surface area (Å²) < 4.78 is 32.0. The third kappa shape index (κ3) is 6.02. The van der Waals surface area contributed by atoms with E-state index in [9.17, 15) is 13.2 Å². The van der Waals surface area contributed by atoms with Gasteiger partial charge in [0.25, 0.3) is 0 Å². The number of fused-ring (bicyclic) bond motifs is 1. The lowest BCUT2D eigenvalue weighted by Crippen LogP contribution is -2.39. The Kier molecular flexibility index (Phi) is 7.98. The van der Waals surface area contributed by atoms with E-state index in [4.69, 9.17) is 9.72 Å². The van der Waals surface area contributed by atoms with E-state index < -0.39 is 9.84 Å². The van der Waals surface area contributed by atoms with Crippen molar-refractivity contribution in [3.8, 4) is 0 Å². The first-order chi connectivity index (χ1) is 16.3. The number of hydrogen-bond donors (Lipinski definition) is 0. The van der Waals surface area contributed by atoms with E-state index in [1.165, 1.54) is 11.3 Å². The number of benzene rings is 2. The van der Waals surface area contributed by atoms with Crippen molar-refractivity contribution in [2.45, 2.75) is 31.6 Å². The maximum Gasteiger partial charge on any atom is 0.229 e. The second-order valence-electron chi connectivity index (χ2n) is 8.66. The number of aromatic nitrogens is 1. The van der Waals surface area contributed by atoms with Gasteiger partial charge in [-0.1, -0.05) is 35.6 Å². The Morgan fingerprint density at radius 1 is 1.15 bits per heavy atom. The quantitative estimate of drug-likeness (QED) is 0.443. The fourth-order valence-electron chi connectivity index (χ4n) is 4.19. The van der Waals surface area contributed by atoms with Crippen LogP contribution in [-0.4, -0.2) is 69.4 Å². The lowest BCUT2D eigenvalue weighted by Gasteiger charge is -2.27. The zero-order valence-electron chi connectivity index (χ0n) is 19.7. The number of nitrogens with zero attached hydrogens (tertiary/aromatic N) is 3. The van der Waals surface area contributed by atoms with Gasteiger partial charge in [0, 0.05) is 32.6 Å². The van der Waals surface area contributed by atoms with Crippen molar-refractivity contribution in [3.63, 3.8) is 0 Å². The van der Waals surface area contributed by atoms with Gasteiger partial charge in [-0.05, 0) is 49.6 Å². The van der Waals surface area contributed by atoms with Crippen LogP contribution in [0.15, 0.2) is 47.4 Å². The van der Waals surface area contributed by atoms with Crippen molar-refractivity contribution in [2.24, 2.45) is 0 Å². The van der Waals surface area contributed by atoms with Gasteiger partial charge < -0.3 is 4.74 Å². The van der Waals surface area contributed by atoms with Gasteiger partial charge in [-0.15, -0.1) is 0 Å². The predicted octanol–water partition coefficient (Wildman–Crippen LogP) is 3.83. The molecule has 2 aromatic carbocycles. The average Bonchev–Trinajstić information content (AvgIpc) is 3.25. The Balaban J connectivity index is 1.51. The van der Waals surface area contributed by atoms with Crippen LogP contribution in [-0.2, 0) is 19.4 Å². The molecule has 34 heavy (non-hydrogen) atoms. The number of carbonyl (C=O) groups excluding carboxylic acids is 1. The van der Waals surface area contributed by atoms with E-state index in [1.54, 1.807) is 35.2 Å². The number of ether oxygens (including phenoxy) is 1. The van der Waals surface area contributed by atoms with E-state index in [1.807, 2.05) is 19.9 Å². The number of morpholine rings is 1. The molecular weight excluding hydrogens is 470 g/mol. The molecule has 0 spiro atoms. The van der Waals surface area contributed by atoms with Crippen molar-refractivity contribution in [1.82, 2.24) is 9.88 Å². The van der Waals surface area contributed by atoms with Crippen molar-refractivity contribution in [3.05, 3.63) is 53.6 Å². The molecule has 4 rings (SSSR count). The van der Waals surface area contributed by atoms with Crippen LogP contribution < -0.4 is 4.90 Å². The summed E-state index contributed by atoms with van der Waals surface area (Å²) in [5.74, 6) is -0.436. The topological polar surface area (TPSA) is 79.8 Å². The summed E-state index contributed by atoms with van der Waals surface area (Å²) in [5, 5.41) is 0.632. The normalized spacial score (nSPS) is 15.0. The third-order valence-electron chi connectivity index (χ3n) is 5.99. The molecule has 0 atom stereocenters. The Hall–Kier alpha value is -2.33. The van der Waals surface area contributed by atoms with Crippen LogP contribution in [0.25, 0.3) is 10.2 Å². The summed E-state index contributed by atoms with van der Waals surface area (Å²) in [5.41, 5.74) is 3.13. The van der Waals surface area contributed by atoms with Gasteiger partial charge in [0.05, 0.1) is 34.1 Å². The highest BCUT2D eigenvalue weighted by Gasteiger charge is 2.24. The fraction of sp³-hybridized carbons (Fsp3) is 0.440. The van der Waals surface area contributed by atoms with E-state index >= 15 is 0 Å². The molecule has 1 saturated heterocycles. The first-order valence-corrected chi connectivity index (χ1v) is 14.1. The van der Waals surface area contributed by atoms with Gasteiger partial charge in [0.2, 0.25) is 5.91 Å². The number of aryl methyl sites for hydroxylation is 2. The van der Waals surface area contributed by atoms with Crippen molar-refractivity contribution >= 4 is 42.4 Å². The summed E-state index contributed by atoms with van der Waals surface area (Å²) in [4.78, 5) is 22.3. The Morgan fingerprint density at radius 3 is 2.62 bits per heavy atom. The fourth-order valence-corrected chi connectivity index (χ4v) is 6.50. The van der Waals surface area contributed by atoms with Crippen LogP contribution in [0.1, 0.15) is 24.0 Å². The first kappa shape index (κ1) is 24.8. The molecule has 3 aromatic rings. The highest BCUT2D eigenvalue weighted by molar-refractivity contribution is 7.91. The highest BCUT2D eigenvalue weighted by atomic mass is 32.2. The summed E-state index contributed by atoms with van der Waals surface area (Å²) in [7, 11) is -3.53. The summed E-state index contributed by atoms with van der Waals surface area (Å²) in [6.45, 7) is 8.69. The zero-order valence-corrected chi connectivity index (χ0v) is 21.3. The molecule has 1 aromatic heterocycles. The lowest BCUT2D eigenvalue weighted by atomic mass is 10.1. The number of carbonyl (C=O) groups is 1. The van der Waals surface area contributed by atoms with E-state index in [0.717, 1.165) is 60.6 Å². The molecule has 0 unspecified atom stereocenters. The van der Waals surface area contributed by atoms with Crippen molar-refractivity contribution < 1.29 is 17.9 Å². The van der Waals surface area contributed by atoms with E-state index in [2.05, 4.69) is 11.0 Å². The molecule has 0 radical (unpaired) electrons. The molecule has 1 aliphatic rings. The minimum absolute atomic E-state index is 0.0806. The van der Waals surface area contributed by atoms with Gasteiger partial charge in [0.15, 0.2) is 15.0 Å². The maximum absolute atomic E-state index is 13.3. The molecule has 9 heteroatoms. The van der Waals surface area contributed by atoms with Crippen LogP contribution in [0.3, 0.4) is 0 Å². The van der Waals surface area contributed by atoms with Gasteiger partial charge in [0.1, 0.15) is 0 Å². The second-order valence-corrected chi connectivity index (χ2v) is 11.7. The van der Waals surface area contributed by atoms with Crippen LogP contribution in [0, 0.1) is 13.8 Å². The van der Waals surface area contributed by atoms with Gasteiger partial charge >= 0.3 is 0 Å². The van der Waals surface area contributed by atoms with Crippen LogP contribution in [0.5, 0.6) is 0 Å². The monoisotopic (exact) mass is 501 g/mol. The summed E-state index contributed by atoms with van der Waals surface area (Å²) in [6.07, 6.45) is 0.702. The Bertz CT molecular complexity index is 1240. The number of anilines is 1. The van der Waals surface area contributed by atoms with Crippen LogP contribution in [0.4, 0.5) is 5.13 Å². The molecule has 1 aliphatic heterocycles. The summed E-state index contributed by atoms with van der Waals surface area (Å²) in [6, 6.07) is 12.4. The van der Waals surface area contributed by atoms with Gasteiger partial charge in [-0.3, -0.25) is 14.6 Å². The van der Waals surface area contributed by atoms with Crippen molar-refractivity contribution in [1.29, 1.82) is 0 Å². The molecule has 2 heterocycles. The SMILES string of the molecule is Cc1cc(C)c2sc(N(CCCN3CCOCC3)C(=O)CCS(=O)(=O)c3ccccc3)nc2c1. The Morgan fingerprint density at radius 2 is 1.88 bits per heavy atom. The van der Waals surface area contributed by atoms with E-state index in [0.29, 0.717) is 11.7 Å². The molecular formula is C25H31N3O4S2. The maximum atomic E-state index is 13.3. The minimum Gasteiger partial charge on any atom is -0.379 e. The zero-order chi connectivity index (χ0) is 24.1. The molecule has 0 N–H and O–H groups in total. The molecule has 0 saturated carbocycles. The lowest BCUT2D eigenvalue weighted by molar-refractivity contribution is -0.118. The number of sulfone groups is 1. The molecule has 1 amide bonds. The summed E-state index contributed by atoms with van der Waals surface area (Å²) >= 11 is 1.50. The predicted molar refractivity (Wildman–Crippen MR) is 136 cm³/mol. The first-order valence-electron chi connectivity index (χ1n) is 11.6. The van der Waals surface area contributed by atoms with Gasteiger partial charge in [-0.2, -0.15) is 0 Å². The Labute approximate surface area is 205 Å². The molecule has 0 aliphatic carbocycles. The van der Waals surface area contributed by atoms with E-state index in [-0.39, 0.29) is 23.0 Å². The minimum atomic E-state index is -3.53. The van der Waals surface area contributed by atoms with Crippen molar-refractivity contribution in [2.75, 3.05) is 50.0 Å². The standard InChI is InChI=1S/C25H31N3O4S2/c1-19-17-20(2)24-22(18-19)26-25(33-24)28(11-6-10-27-12-14-32-15-13-27)23(29)9-16-34(30,31)21-7-4-3-5-8-21/h3-5,7-8,17-18H,6,9-16H2,1-2H3. The molecule has 0 bridgehead atoms. The smallest absolute Gasteiger partial charge is 0.229 e. The highest BCUT2D eigenvalue weighted by Crippen LogP contribution is 2.32. The number of rotatable bonds is 9. The molecule has 1 fully saturated rings. The number of amides is 1. The average molecular weight is 502 g/mol. The molecule has 182 valence electrons. The van der Waals surface area contributed by atoms with Gasteiger partial charge in [-0.25, -0.2) is 13.4 Å². The third-order valence-corrected chi connectivity index (χ3v) is 8.95. The van der Waals surface area contributed by atoms with Crippen LogP contribution in [0.2, 0.25) is 0 Å². The largest absolute Gasteiger partial charge is 0.379 e. The molecule has 7 nitrogen and oxygen atoms in total. The number of hydrogen-bond acceptors (Lipinski definition) is 7. The van der Waals surface area contributed by atoms with Crippen LogP contribution >= 0.6 is 11.3 Å². The second kappa shape index (κ2) is 10.9.